The zero-order chi connectivity index (χ0) is 22.2. The smallest absolute Gasteiger partial charge is 0.319 e. The van der Waals surface area contributed by atoms with Crippen molar-refractivity contribution in [2.45, 2.75) is 11.4 Å². The number of rotatable bonds is 7. The van der Waals surface area contributed by atoms with Gasteiger partial charge in [-0.2, -0.15) is 0 Å². The van der Waals surface area contributed by atoms with Gasteiger partial charge in [0, 0.05) is 28.5 Å². The summed E-state index contributed by atoms with van der Waals surface area (Å²) in [6.07, 6.45) is 0. The second-order valence-corrected chi connectivity index (χ2v) is 8.04. The molecule has 4 aromatic rings. The summed E-state index contributed by atoms with van der Waals surface area (Å²) in [7, 11) is 0. The number of nitrogen functional groups attached to an aromatic ring is 1. The van der Waals surface area contributed by atoms with Crippen LogP contribution in [0, 0.1) is 0 Å². The monoisotopic (exact) mass is 440 g/mol. The van der Waals surface area contributed by atoms with Crippen molar-refractivity contribution in [3.8, 4) is 11.1 Å². The van der Waals surface area contributed by atoms with E-state index < -0.39 is 0 Å². The van der Waals surface area contributed by atoms with Crippen molar-refractivity contribution in [2.75, 3.05) is 15.8 Å². The van der Waals surface area contributed by atoms with Gasteiger partial charge in [-0.05, 0) is 71.1 Å². The molecule has 0 unspecified atom stereocenters. The summed E-state index contributed by atoms with van der Waals surface area (Å²) in [5.74, 6) is 0. The van der Waals surface area contributed by atoms with Crippen molar-refractivity contribution in [2.24, 2.45) is 0 Å². The van der Waals surface area contributed by atoms with Crippen molar-refractivity contribution < 1.29 is 4.79 Å². The van der Waals surface area contributed by atoms with Gasteiger partial charge in [0.15, 0.2) is 0 Å². The molecule has 0 saturated heterocycles. The lowest BCUT2D eigenvalue weighted by Gasteiger charge is -2.12. The van der Waals surface area contributed by atoms with Crippen LogP contribution in [0.1, 0.15) is 5.56 Å². The molecule has 0 aromatic heterocycles. The Morgan fingerprint density at radius 1 is 0.781 bits per heavy atom. The molecule has 0 spiro atoms. The van der Waals surface area contributed by atoms with Crippen molar-refractivity contribution in [3.05, 3.63) is 109 Å². The first-order chi connectivity index (χ1) is 15.7. The SMILES string of the molecule is Nc1cccc(CNC(=O)Nc2ccc(NSc3ccccc3-c3ccccc3)cc2)c1. The molecule has 0 bridgehead atoms. The van der Waals surface area contributed by atoms with Gasteiger partial charge in [-0.15, -0.1) is 0 Å². The average Bonchev–Trinajstić information content (AvgIpc) is 2.83. The Hall–Kier alpha value is -3.90. The minimum atomic E-state index is -0.265. The van der Waals surface area contributed by atoms with Gasteiger partial charge < -0.3 is 21.1 Å². The van der Waals surface area contributed by atoms with Gasteiger partial charge in [0.2, 0.25) is 0 Å². The van der Waals surface area contributed by atoms with Crippen molar-refractivity contribution in [1.82, 2.24) is 5.32 Å². The molecule has 5 N–H and O–H groups in total. The molecule has 0 radical (unpaired) electrons. The maximum atomic E-state index is 12.2. The molecular weight excluding hydrogens is 416 g/mol. The first kappa shape index (κ1) is 21.3. The number of anilines is 3. The van der Waals surface area contributed by atoms with E-state index in [4.69, 9.17) is 5.73 Å². The average molecular weight is 441 g/mol. The summed E-state index contributed by atoms with van der Waals surface area (Å²) in [6, 6.07) is 33.4. The lowest BCUT2D eigenvalue weighted by Crippen LogP contribution is -2.28. The summed E-state index contributed by atoms with van der Waals surface area (Å²) in [4.78, 5) is 13.3. The first-order valence-electron chi connectivity index (χ1n) is 10.2. The molecule has 0 aliphatic heterocycles. The Kier molecular flexibility index (Phi) is 6.94. The second kappa shape index (κ2) is 10.4. The molecule has 0 atom stereocenters. The number of urea groups is 1. The number of hydrogen-bond donors (Lipinski definition) is 4. The lowest BCUT2D eigenvalue weighted by molar-refractivity contribution is 0.251. The molecule has 0 aliphatic rings. The number of amides is 2. The fourth-order valence-electron chi connectivity index (χ4n) is 3.21. The molecular formula is C26H24N4OS. The van der Waals surface area contributed by atoms with Gasteiger partial charge in [0.1, 0.15) is 0 Å². The van der Waals surface area contributed by atoms with Gasteiger partial charge in [0.25, 0.3) is 0 Å². The Balaban J connectivity index is 1.31. The van der Waals surface area contributed by atoms with Crippen LogP contribution in [0.25, 0.3) is 11.1 Å². The summed E-state index contributed by atoms with van der Waals surface area (Å²) in [6.45, 7) is 0.411. The zero-order valence-corrected chi connectivity index (χ0v) is 18.2. The zero-order valence-electron chi connectivity index (χ0n) is 17.4. The van der Waals surface area contributed by atoms with Crippen LogP contribution in [0.2, 0.25) is 0 Å². The molecule has 0 heterocycles. The molecule has 4 rings (SSSR count). The molecule has 0 aliphatic carbocycles. The summed E-state index contributed by atoms with van der Waals surface area (Å²) >= 11 is 1.56. The number of carbonyl (C=O) groups excluding carboxylic acids is 1. The molecule has 5 nitrogen and oxygen atoms in total. The predicted octanol–water partition coefficient (Wildman–Crippen LogP) is 6.38. The minimum absolute atomic E-state index is 0.265. The van der Waals surface area contributed by atoms with Crippen LogP contribution in [-0.4, -0.2) is 6.03 Å². The highest BCUT2D eigenvalue weighted by Gasteiger charge is 2.06. The van der Waals surface area contributed by atoms with E-state index in [0.29, 0.717) is 12.2 Å². The third kappa shape index (κ3) is 5.83. The largest absolute Gasteiger partial charge is 0.399 e. The maximum absolute atomic E-state index is 12.2. The Morgan fingerprint density at radius 2 is 1.50 bits per heavy atom. The number of hydrogen-bond acceptors (Lipinski definition) is 4. The summed E-state index contributed by atoms with van der Waals surface area (Å²) in [5.41, 5.74) is 11.4. The predicted molar refractivity (Wildman–Crippen MR) is 135 cm³/mol. The van der Waals surface area contributed by atoms with E-state index >= 15 is 0 Å². The minimum Gasteiger partial charge on any atom is -0.399 e. The van der Waals surface area contributed by atoms with E-state index in [2.05, 4.69) is 39.6 Å². The van der Waals surface area contributed by atoms with Crippen molar-refractivity contribution in [1.29, 1.82) is 0 Å². The summed E-state index contributed by atoms with van der Waals surface area (Å²) in [5, 5.41) is 5.67. The van der Waals surface area contributed by atoms with Gasteiger partial charge >= 0.3 is 6.03 Å². The summed E-state index contributed by atoms with van der Waals surface area (Å²) < 4.78 is 3.38. The van der Waals surface area contributed by atoms with Gasteiger partial charge in [0.05, 0.1) is 0 Å². The third-order valence-corrected chi connectivity index (χ3v) is 5.71. The molecule has 32 heavy (non-hydrogen) atoms. The van der Waals surface area contributed by atoms with Crippen molar-refractivity contribution >= 4 is 35.0 Å². The van der Waals surface area contributed by atoms with E-state index in [1.165, 1.54) is 11.1 Å². The third-order valence-electron chi connectivity index (χ3n) is 4.80. The molecule has 6 heteroatoms. The van der Waals surface area contributed by atoms with Crippen LogP contribution in [0.15, 0.2) is 108 Å². The Labute approximate surface area is 192 Å². The van der Waals surface area contributed by atoms with Gasteiger partial charge in [-0.1, -0.05) is 60.7 Å². The number of benzene rings is 4. The number of carbonyl (C=O) groups is 1. The number of nitrogens with one attached hydrogen (secondary N) is 3. The molecule has 160 valence electrons. The quantitative estimate of drug-likeness (QED) is 0.199. The van der Waals surface area contributed by atoms with E-state index in [1.54, 1.807) is 11.9 Å². The van der Waals surface area contributed by atoms with Crippen LogP contribution in [0.3, 0.4) is 0 Å². The fraction of sp³-hybridized carbons (Fsp3) is 0.0385. The van der Waals surface area contributed by atoms with Crippen LogP contribution in [0.4, 0.5) is 21.9 Å². The van der Waals surface area contributed by atoms with Crippen molar-refractivity contribution in [3.63, 3.8) is 0 Å². The maximum Gasteiger partial charge on any atom is 0.319 e. The molecule has 0 fully saturated rings. The van der Waals surface area contributed by atoms with Crippen LogP contribution in [-0.2, 0) is 6.54 Å². The normalized spacial score (nSPS) is 10.4. The van der Waals surface area contributed by atoms with E-state index in [0.717, 1.165) is 21.8 Å². The lowest BCUT2D eigenvalue weighted by atomic mass is 10.1. The number of nitrogens with two attached hydrogens (primary N) is 1. The Morgan fingerprint density at radius 3 is 2.28 bits per heavy atom. The highest BCUT2D eigenvalue weighted by molar-refractivity contribution is 8.00. The van der Waals surface area contributed by atoms with E-state index in [1.807, 2.05) is 78.9 Å². The molecule has 0 saturated carbocycles. The van der Waals surface area contributed by atoms with E-state index in [9.17, 15) is 4.79 Å². The highest BCUT2D eigenvalue weighted by Crippen LogP contribution is 2.32. The topological polar surface area (TPSA) is 79.2 Å². The van der Waals surface area contributed by atoms with Crippen LogP contribution in [0.5, 0.6) is 0 Å². The van der Waals surface area contributed by atoms with E-state index in [-0.39, 0.29) is 6.03 Å². The fourth-order valence-corrected chi connectivity index (χ4v) is 4.01. The first-order valence-corrected chi connectivity index (χ1v) is 11.1. The van der Waals surface area contributed by atoms with Gasteiger partial charge in [-0.25, -0.2) is 4.79 Å². The van der Waals surface area contributed by atoms with Crippen LogP contribution < -0.4 is 21.1 Å². The standard InChI is InChI=1S/C26H24N4OS/c27-21-10-6-7-19(17-21)18-28-26(31)29-22-13-15-23(16-14-22)30-32-25-12-5-4-11-24(25)20-8-2-1-3-9-20/h1-17,30H,18,27H2,(H2,28,29,31). The highest BCUT2D eigenvalue weighted by atomic mass is 32.2. The van der Waals surface area contributed by atoms with Gasteiger partial charge in [-0.3, -0.25) is 0 Å². The molecule has 2 amide bonds. The second-order valence-electron chi connectivity index (χ2n) is 7.20. The Bertz CT molecular complexity index is 1180. The molecule has 4 aromatic carbocycles. The van der Waals surface area contributed by atoms with Crippen LogP contribution >= 0.6 is 11.9 Å².